The van der Waals surface area contributed by atoms with E-state index in [1.54, 1.807) is 16.4 Å². The molecule has 7 nitrogen and oxygen atoms in total. The molecule has 0 spiro atoms. The van der Waals surface area contributed by atoms with E-state index in [4.69, 9.17) is 4.74 Å². The van der Waals surface area contributed by atoms with Crippen LogP contribution in [0.1, 0.15) is 39.0 Å². The van der Waals surface area contributed by atoms with Crippen LogP contribution in [0.2, 0.25) is 0 Å². The van der Waals surface area contributed by atoms with E-state index < -0.39 is 0 Å². The highest BCUT2D eigenvalue weighted by Gasteiger charge is 2.28. The lowest BCUT2D eigenvalue weighted by atomic mass is 9.99. The molecular weight excluding hydrogens is 334 g/mol. The fraction of sp³-hybridized carbons (Fsp3) is 0.526. The molecule has 7 heteroatoms. The van der Waals surface area contributed by atoms with Crippen LogP contribution in [0.15, 0.2) is 29.1 Å². The highest BCUT2D eigenvalue weighted by Crippen LogP contribution is 2.21. The molecule has 1 amide bonds. The fourth-order valence-corrected chi connectivity index (χ4v) is 3.63. The van der Waals surface area contributed by atoms with Crippen LogP contribution in [0.4, 0.5) is 0 Å². The van der Waals surface area contributed by atoms with E-state index in [0.29, 0.717) is 19.7 Å². The third-order valence-electron chi connectivity index (χ3n) is 4.89. The van der Waals surface area contributed by atoms with Gasteiger partial charge >= 0.3 is 11.7 Å². The number of fused-ring (bicyclic) bond motifs is 1. The number of nitrogens with zero attached hydrogens (tertiary/aromatic N) is 2. The van der Waals surface area contributed by atoms with Crippen LogP contribution in [0.3, 0.4) is 0 Å². The second-order valence-electron chi connectivity index (χ2n) is 6.59. The van der Waals surface area contributed by atoms with Crippen molar-refractivity contribution in [2.24, 2.45) is 0 Å². The monoisotopic (exact) mass is 359 g/mol. The normalized spacial score (nSPS) is 17.4. The number of hydrogen-bond acceptors (Lipinski definition) is 4. The first-order valence-electron chi connectivity index (χ1n) is 9.22. The molecule has 1 aliphatic rings. The van der Waals surface area contributed by atoms with Crippen molar-refractivity contribution in [1.29, 1.82) is 0 Å². The van der Waals surface area contributed by atoms with Gasteiger partial charge in [-0.25, -0.2) is 4.79 Å². The molecule has 1 saturated heterocycles. The van der Waals surface area contributed by atoms with Crippen molar-refractivity contribution in [2.45, 2.75) is 51.6 Å². The standard InChI is InChI=1S/C19H25N3O4/c1-2-26-18(24)13-14-7-5-6-11-21(14)17(23)10-12-22-16-9-4-3-8-15(16)20-19(22)25/h3-4,8-9,14H,2,5-7,10-13H2,1H3,(H,20,25)/t14-/m1/s1. The van der Waals surface area contributed by atoms with Crippen LogP contribution in [0.25, 0.3) is 11.0 Å². The number of ether oxygens (including phenoxy) is 1. The van der Waals surface area contributed by atoms with E-state index in [1.807, 2.05) is 24.3 Å². The summed E-state index contributed by atoms with van der Waals surface area (Å²) < 4.78 is 6.62. The Labute approximate surface area is 151 Å². The molecule has 0 bridgehead atoms. The van der Waals surface area contributed by atoms with Crippen LogP contribution in [-0.4, -0.2) is 45.5 Å². The summed E-state index contributed by atoms with van der Waals surface area (Å²) in [6.45, 7) is 3.11. The maximum absolute atomic E-state index is 12.7. The minimum absolute atomic E-state index is 0.0174. The van der Waals surface area contributed by atoms with E-state index in [9.17, 15) is 14.4 Å². The van der Waals surface area contributed by atoms with Crippen LogP contribution < -0.4 is 5.69 Å². The predicted octanol–water partition coefficient (Wildman–Crippen LogP) is 2.05. The topological polar surface area (TPSA) is 84.4 Å². The first-order valence-corrected chi connectivity index (χ1v) is 9.22. The van der Waals surface area contributed by atoms with Crippen molar-refractivity contribution in [3.8, 4) is 0 Å². The van der Waals surface area contributed by atoms with Gasteiger partial charge in [0.1, 0.15) is 0 Å². The van der Waals surface area contributed by atoms with Gasteiger partial charge in [-0.05, 0) is 38.3 Å². The average Bonchev–Trinajstić information content (AvgIpc) is 2.95. The van der Waals surface area contributed by atoms with Gasteiger partial charge in [-0.3, -0.25) is 14.2 Å². The van der Waals surface area contributed by atoms with Crippen molar-refractivity contribution in [1.82, 2.24) is 14.5 Å². The SMILES string of the molecule is CCOC(=O)C[C@H]1CCCCN1C(=O)CCn1c(=O)[nH]c2ccccc21. The quantitative estimate of drug-likeness (QED) is 0.800. The number of para-hydroxylation sites is 2. The molecular formula is C19H25N3O4. The molecule has 0 radical (unpaired) electrons. The van der Waals surface area contributed by atoms with Crippen molar-refractivity contribution in [2.75, 3.05) is 13.2 Å². The lowest BCUT2D eigenvalue weighted by Gasteiger charge is -2.35. The van der Waals surface area contributed by atoms with Crippen molar-refractivity contribution in [3.05, 3.63) is 34.7 Å². The molecule has 3 rings (SSSR count). The molecule has 1 fully saturated rings. The van der Waals surface area contributed by atoms with Crippen LogP contribution >= 0.6 is 0 Å². The predicted molar refractivity (Wildman–Crippen MR) is 97.8 cm³/mol. The number of H-pyrrole nitrogens is 1. The number of aromatic amines is 1. The number of benzene rings is 1. The van der Waals surface area contributed by atoms with E-state index >= 15 is 0 Å². The molecule has 1 aliphatic heterocycles. The number of aromatic nitrogens is 2. The highest BCUT2D eigenvalue weighted by molar-refractivity contribution is 5.79. The number of nitrogens with one attached hydrogen (secondary N) is 1. The van der Waals surface area contributed by atoms with Crippen LogP contribution in [0, 0.1) is 0 Å². The number of hydrogen-bond donors (Lipinski definition) is 1. The van der Waals surface area contributed by atoms with Gasteiger partial charge < -0.3 is 14.6 Å². The molecule has 26 heavy (non-hydrogen) atoms. The zero-order valence-corrected chi connectivity index (χ0v) is 15.1. The summed E-state index contributed by atoms with van der Waals surface area (Å²) in [6.07, 6.45) is 3.25. The maximum Gasteiger partial charge on any atom is 0.326 e. The van der Waals surface area contributed by atoms with E-state index in [0.717, 1.165) is 30.3 Å². The van der Waals surface area contributed by atoms with Crippen LogP contribution in [0.5, 0.6) is 0 Å². The number of aryl methyl sites for hydroxylation is 1. The Kier molecular flexibility index (Phi) is 5.75. The second kappa shape index (κ2) is 8.21. The molecule has 1 atom stereocenters. The summed E-state index contributed by atoms with van der Waals surface area (Å²) >= 11 is 0. The van der Waals surface area contributed by atoms with Gasteiger partial charge in [0, 0.05) is 25.6 Å². The number of amides is 1. The smallest absolute Gasteiger partial charge is 0.326 e. The molecule has 0 aliphatic carbocycles. The zero-order chi connectivity index (χ0) is 18.5. The Balaban J connectivity index is 1.66. The summed E-state index contributed by atoms with van der Waals surface area (Å²) in [4.78, 5) is 41.3. The minimum Gasteiger partial charge on any atom is -0.466 e. The Morgan fingerprint density at radius 3 is 2.88 bits per heavy atom. The number of carbonyl (C=O) groups is 2. The molecule has 1 aromatic heterocycles. The van der Waals surface area contributed by atoms with Gasteiger partial charge in [0.15, 0.2) is 0 Å². The number of likely N-dealkylation sites (tertiary alicyclic amines) is 1. The molecule has 2 aromatic rings. The summed E-state index contributed by atoms with van der Waals surface area (Å²) in [5.74, 6) is -0.277. The molecule has 1 N–H and O–H groups in total. The molecule has 1 aromatic carbocycles. The van der Waals surface area contributed by atoms with E-state index in [1.165, 1.54) is 0 Å². The van der Waals surface area contributed by atoms with Gasteiger partial charge in [-0.1, -0.05) is 12.1 Å². The molecule has 0 saturated carbocycles. The number of esters is 1. The Morgan fingerprint density at radius 2 is 2.08 bits per heavy atom. The van der Waals surface area contributed by atoms with Gasteiger partial charge in [0.05, 0.1) is 24.1 Å². The summed E-state index contributed by atoms with van der Waals surface area (Å²) in [7, 11) is 0. The summed E-state index contributed by atoms with van der Waals surface area (Å²) in [5, 5.41) is 0. The number of carbonyl (C=O) groups excluding carboxylic acids is 2. The largest absolute Gasteiger partial charge is 0.466 e. The average molecular weight is 359 g/mol. The summed E-state index contributed by atoms with van der Waals surface area (Å²) in [6, 6.07) is 7.34. The van der Waals surface area contributed by atoms with Crippen molar-refractivity contribution < 1.29 is 14.3 Å². The summed E-state index contributed by atoms with van der Waals surface area (Å²) in [5.41, 5.74) is 1.36. The minimum atomic E-state index is -0.259. The molecule has 0 unspecified atom stereocenters. The fourth-order valence-electron chi connectivity index (χ4n) is 3.63. The third kappa shape index (κ3) is 3.98. The van der Waals surface area contributed by atoms with Gasteiger partial charge in [-0.2, -0.15) is 0 Å². The Morgan fingerprint density at radius 1 is 1.27 bits per heavy atom. The number of piperidine rings is 1. The second-order valence-corrected chi connectivity index (χ2v) is 6.59. The number of rotatable bonds is 6. The molecule has 2 heterocycles. The van der Waals surface area contributed by atoms with Crippen molar-refractivity contribution in [3.63, 3.8) is 0 Å². The maximum atomic E-state index is 12.7. The van der Waals surface area contributed by atoms with E-state index in [-0.39, 0.29) is 36.4 Å². The van der Waals surface area contributed by atoms with Gasteiger partial charge in [0.2, 0.25) is 5.91 Å². The third-order valence-corrected chi connectivity index (χ3v) is 4.89. The van der Waals surface area contributed by atoms with Crippen LogP contribution in [-0.2, 0) is 20.9 Å². The van der Waals surface area contributed by atoms with Crippen molar-refractivity contribution >= 4 is 22.9 Å². The first kappa shape index (κ1) is 18.2. The zero-order valence-electron chi connectivity index (χ0n) is 15.1. The highest BCUT2D eigenvalue weighted by atomic mass is 16.5. The number of imidazole rings is 1. The lowest BCUT2D eigenvalue weighted by Crippen LogP contribution is -2.45. The first-order chi connectivity index (χ1) is 12.6. The van der Waals surface area contributed by atoms with E-state index in [2.05, 4.69) is 4.98 Å². The van der Waals surface area contributed by atoms with Gasteiger partial charge in [0.25, 0.3) is 0 Å². The molecule has 140 valence electrons. The Hall–Kier alpha value is -2.57. The van der Waals surface area contributed by atoms with Gasteiger partial charge in [-0.15, -0.1) is 0 Å². The lowest BCUT2D eigenvalue weighted by molar-refractivity contribution is -0.146. The Bertz CT molecular complexity index is 839.